The summed E-state index contributed by atoms with van der Waals surface area (Å²) in [4.78, 5) is 20.8. The van der Waals surface area contributed by atoms with Gasteiger partial charge in [-0.15, -0.1) is 11.3 Å². The Bertz CT molecular complexity index is 1290. The van der Waals surface area contributed by atoms with Gasteiger partial charge in [-0.1, -0.05) is 12.1 Å². The third-order valence-corrected chi connectivity index (χ3v) is 5.46. The van der Waals surface area contributed by atoms with E-state index in [0.29, 0.717) is 30.5 Å². The number of aryl methyl sites for hydroxylation is 1. The van der Waals surface area contributed by atoms with Crippen LogP contribution in [-0.2, 0) is 17.9 Å². The van der Waals surface area contributed by atoms with Gasteiger partial charge in [0, 0.05) is 30.3 Å². The van der Waals surface area contributed by atoms with Gasteiger partial charge in [-0.2, -0.15) is 0 Å². The van der Waals surface area contributed by atoms with E-state index in [1.54, 1.807) is 35.7 Å². The van der Waals surface area contributed by atoms with E-state index in [1.165, 1.54) is 30.3 Å². The summed E-state index contributed by atoms with van der Waals surface area (Å²) >= 11 is 1.59. The number of aromatic nitrogens is 2. The molecule has 0 spiro atoms. The van der Waals surface area contributed by atoms with Gasteiger partial charge in [0.25, 0.3) is 0 Å². The molecule has 0 saturated carbocycles. The molecular weight excluding hydrogens is 453 g/mol. The molecule has 4 aromatic rings. The van der Waals surface area contributed by atoms with Crippen molar-refractivity contribution >= 4 is 23.3 Å². The van der Waals surface area contributed by atoms with Crippen molar-refractivity contribution in [3.8, 4) is 17.4 Å². The molecule has 34 heavy (non-hydrogen) atoms. The van der Waals surface area contributed by atoms with Crippen molar-refractivity contribution in [2.24, 2.45) is 0 Å². The van der Waals surface area contributed by atoms with E-state index in [1.807, 2.05) is 36.6 Å². The zero-order valence-electron chi connectivity index (χ0n) is 18.4. The molecule has 1 N–H and O–H groups in total. The molecule has 0 fully saturated rings. The lowest BCUT2D eigenvalue weighted by molar-refractivity contribution is -0.116. The Morgan fingerprint density at radius 3 is 2.76 bits per heavy atom. The summed E-state index contributed by atoms with van der Waals surface area (Å²) in [6.07, 6.45) is 4.79. The van der Waals surface area contributed by atoms with Crippen LogP contribution in [0.3, 0.4) is 0 Å². The summed E-state index contributed by atoms with van der Waals surface area (Å²) in [5.74, 6) is 0.972. The molecule has 0 radical (unpaired) electrons. The van der Waals surface area contributed by atoms with Crippen LogP contribution in [0.4, 0.5) is 4.39 Å². The van der Waals surface area contributed by atoms with Crippen LogP contribution in [-0.4, -0.2) is 15.9 Å². The van der Waals surface area contributed by atoms with Crippen molar-refractivity contribution in [2.45, 2.75) is 20.1 Å². The Kier molecular flexibility index (Phi) is 7.62. The molecule has 0 unspecified atom stereocenters. The van der Waals surface area contributed by atoms with Crippen LogP contribution < -0.4 is 14.8 Å². The molecule has 2 aromatic carbocycles. The van der Waals surface area contributed by atoms with E-state index >= 15 is 0 Å². The van der Waals surface area contributed by atoms with Gasteiger partial charge in [-0.25, -0.2) is 14.4 Å². The number of carbonyl (C=O) groups excluding carboxylic acids is 1. The van der Waals surface area contributed by atoms with E-state index in [9.17, 15) is 9.18 Å². The number of nitrogens with zero attached hydrogens (tertiary/aromatic N) is 2. The summed E-state index contributed by atoms with van der Waals surface area (Å²) in [5, 5.41) is 5.81. The average Bonchev–Trinajstić information content (AvgIpc) is 3.27. The van der Waals surface area contributed by atoms with Crippen LogP contribution in [0.2, 0.25) is 0 Å². The van der Waals surface area contributed by atoms with Crippen LogP contribution in [0.15, 0.2) is 78.3 Å². The SMILES string of the molecule is Cc1nc(COc2cccc(/C=C/C(=O)NCc3ccnc(Oc4ccc(F)cc4)c3)c2)cs1. The average molecular weight is 476 g/mol. The number of benzene rings is 2. The fourth-order valence-electron chi connectivity index (χ4n) is 3.00. The third-order valence-electron chi connectivity index (χ3n) is 4.64. The van der Waals surface area contributed by atoms with Crippen molar-refractivity contribution in [1.29, 1.82) is 0 Å². The zero-order valence-corrected chi connectivity index (χ0v) is 19.2. The van der Waals surface area contributed by atoms with Crippen molar-refractivity contribution in [3.63, 3.8) is 0 Å². The first-order chi connectivity index (χ1) is 16.5. The molecule has 6 nitrogen and oxygen atoms in total. The molecule has 0 saturated heterocycles. The molecule has 2 aromatic heterocycles. The van der Waals surface area contributed by atoms with Crippen molar-refractivity contribution < 1.29 is 18.7 Å². The van der Waals surface area contributed by atoms with Gasteiger partial charge in [0.2, 0.25) is 11.8 Å². The molecular formula is C26H22FN3O3S. The van der Waals surface area contributed by atoms with Gasteiger partial charge >= 0.3 is 0 Å². The van der Waals surface area contributed by atoms with E-state index in [-0.39, 0.29) is 11.7 Å². The molecule has 4 rings (SSSR count). The van der Waals surface area contributed by atoms with Gasteiger partial charge in [-0.05, 0) is 66.6 Å². The van der Waals surface area contributed by atoms with Gasteiger partial charge in [0.15, 0.2) is 0 Å². The normalized spacial score (nSPS) is 10.9. The molecule has 8 heteroatoms. The van der Waals surface area contributed by atoms with Gasteiger partial charge < -0.3 is 14.8 Å². The standard InChI is InChI=1S/C26H22FN3O3S/c1-18-30-22(17-34-18)16-32-24-4-2-3-19(13-24)5-10-25(31)29-15-20-11-12-28-26(14-20)33-23-8-6-21(27)7-9-23/h2-14,17H,15-16H2,1H3,(H,29,31)/b10-5+. The molecule has 0 aliphatic heterocycles. The maximum absolute atomic E-state index is 13.0. The first-order valence-electron chi connectivity index (χ1n) is 10.5. The van der Waals surface area contributed by atoms with Crippen LogP contribution >= 0.6 is 11.3 Å². The minimum atomic E-state index is -0.338. The highest BCUT2D eigenvalue weighted by Crippen LogP contribution is 2.20. The molecule has 0 atom stereocenters. The molecule has 1 amide bonds. The Labute approximate surface area is 200 Å². The lowest BCUT2D eigenvalue weighted by Crippen LogP contribution is -2.20. The number of amides is 1. The van der Waals surface area contributed by atoms with Crippen LogP contribution in [0.25, 0.3) is 6.08 Å². The minimum absolute atomic E-state index is 0.234. The Balaban J connectivity index is 1.28. The van der Waals surface area contributed by atoms with E-state index in [0.717, 1.165) is 21.8 Å². The van der Waals surface area contributed by atoms with Crippen LogP contribution in [0, 0.1) is 12.7 Å². The zero-order chi connectivity index (χ0) is 23.8. The minimum Gasteiger partial charge on any atom is -0.487 e. The van der Waals surface area contributed by atoms with Crippen molar-refractivity contribution in [2.75, 3.05) is 0 Å². The number of ether oxygens (including phenoxy) is 2. The number of halogens is 1. The topological polar surface area (TPSA) is 73.3 Å². The van der Waals surface area contributed by atoms with Crippen molar-refractivity contribution in [1.82, 2.24) is 15.3 Å². The first kappa shape index (κ1) is 23.1. The number of rotatable bonds is 9. The Morgan fingerprint density at radius 1 is 1.12 bits per heavy atom. The summed E-state index contributed by atoms with van der Waals surface area (Å²) in [6, 6.07) is 16.7. The quantitative estimate of drug-likeness (QED) is 0.315. The second kappa shape index (κ2) is 11.2. The second-order valence-corrected chi connectivity index (χ2v) is 8.39. The van der Waals surface area contributed by atoms with Gasteiger partial charge in [0.05, 0.1) is 10.7 Å². The highest BCUT2D eigenvalue weighted by molar-refractivity contribution is 7.09. The van der Waals surface area contributed by atoms with E-state index in [2.05, 4.69) is 15.3 Å². The maximum Gasteiger partial charge on any atom is 0.244 e. The molecule has 0 aliphatic carbocycles. The Hall–Kier alpha value is -4.04. The number of hydrogen-bond acceptors (Lipinski definition) is 6. The van der Waals surface area contributed by atoms with Crippen molar-refractivity contribution in [3.05, 3.63) is 106 Å². The molecule has 172 valence electrons. The van der Waals surface area contributed by atoms with E-state index in [4.69, 9.17) is 9.47 Å². The number of thiazole rings is 1. The predicted molar refractivity (Wildman–Crippen MR) is 129 cm³/mol. The smallest absolute Gasteiger partial charge is 0.244 e. The maximum atomic E-state index is 13.0. The second-order valence-electron chi connectivity index (χ2n) is 7.33. The number of pyridine rings is 1. The summed E-state index contributed by atoms with van der Waals surface area (Å²) in [6.45, 7) is 2.67. The monoisotopic (exact) mass is 475 g/mol. The number of nitrogens with one attached hydrogen (secondary N) is 1. The third kappa shape index (κ3) is 6.98. The summed E-state index contributed by atoms with van der Waals surface area (Å²) < 4.78 is 24.4. The van der Waals surface area contributed by atoms with E-state index < -0.39 is 0 Å². The number of carbonyl (C=O) groups is 1. The molecule has 2 heterocycles. The Morgan fingerprint density at radius 2 is 1.97 bits per heavy atom. The van der Waals surface area contributed by atoms with Crippen LogP contribution in [0.5, 0.6) is 17.4 Å². The van der Waals surface area contributed by atoms with Crippen LogP contribution in [0.1, 0.15) is 21.8 Å². The van der Waals surface area contributed by atoms with Gasteiger partial charge in [0.1, 0.15) is 23.9 Å². The molecule has 0 aliphatic rings. The summed E-state index contributed by atoms with van der Waals surface area (Å²) in [5.41, 5.74) is 2.56. The predicted octanol–water partition coefficient (Wildman–Crippen LogP) is 5.69. The van der Waals surface area contributed by atoms with Gasteiger partial charge in [-0.3, -0.25) is 4.79 Å². The lowest BCUT2D eigenvalue weighted by Gasteiger charge is -2.07. The summed E-state index contributed by atoms with van der Waals surface area (Å²) in [7, 11) is 0. The highest BCUT2D eigenvalue weighted by Gasteiger charge is 2.04. The number of hydrogen-bond donors (Lipinski definition) is 1. The lowest BCUT2D eigenvalue weighted by atomic mass is 10.2. The first-order valence-corrected chi connectivity index (χ1v) is 11.4. The fraction of sp³-hybridized carbons (Fsp3) is 0.115. The highest BCUT2D eigenvalue weighted by atomic mass is 32.1. The fourth-order valence-corrected chi connectivity index (χ4v) is 3.60. The molecule has 0 bridgehead atoms. The largest absolute Gasteiger partial charge is 0.487 e.